The molecule has 0 aromatic heterocycles. The third-order valence-electron chi connectivity index (χ3n) is 4.97. The van der Waals surface area contributed by atoms with Crippen LogP contribution in [0.2, 0.25) is 0 Å². The summed E-state index contributed by atoms with van der Waals surface area (Å²) in [5.41, 5.74) is 3.66. The molecule has 1 atom stereocenters. The Morgan fingerprint density at radius 1 is 1.07 bits per heavy atom. The van der Waals surface area contributed by atoms with Crippen molar-refractivity contribution in [2.45, 2.75) is 26.1 Å². The minimum absolute atomic E-state index is 0.235. The van der Waals surface area contributed by atoms with Gasteiger partial charge in [0.15, 0.2) is 11.5 Å². The molecule has 0 amide bonds. The first-order valence-corrected chi connectivity index (χ1v) is 10.2. The Morgan fingerprint density at radius 3 is 2.55 bits per heavy atom. The molecule has 6 nitrogen and oxygen atoms in total. The first kappa shape index (κ1) is 21.6. The van der Waals surface area contributed by atoms with E-state index in [9.17, 15) is 5.11 Å². The number of aliphatic hydroxyl groups is 1. The number of morpholine rings is 1. The number of aryl methyl sites for hydroxylation is 1. The average molecular weight is 401 g/mol. The van der Waals surface area contributed by atoms with E-state index in [4.69, 9.17) is 14.2 Å². The van der Waals surface area contributed by atoms with Gasteiger partial charge >= 0.3 is 0 Å². The molecule has 158 valence electrons. The maximum atomic E-state index is 10.3. The highest BCUT2D eigenvalue weighted by atomic mass is 16.5. The third-order valence-corrected chi connectivity index (χ3v) is 4.97. The van der Waals surface area contributed by atoms with E-state index in [1.165, 1.54) is 11.1 Å². The van der Waals surface area contributed by atoms with E-state index < -0.39 is 6.10 Å². The van der Waals surface area contributed by atoms with Crippen molar-refractivity contribution in [3.63, 3.8) is 0 Å². The van der Waals surface area contributed by atoms with E-state index >= 15 is 0 Å². The Balaban J connectivity index is 1.47. The number of hydrogen-bond donors (Lipinski definition) is 2. The number of benzene rings is 2. The van der Waals surface area contributed by atoms with Crippen LogP contribution in [-0.2, 0) is 17.8 Å². The summed E-state index contributed by atoms with van der Waals surface area (Å²) in [6.45, 7) is 7.63. The fourth-order valence-electron chi connectivity index (χ4n) is 3.43. The van der Waals surface area contributed by atoms with Crippen molar-refractivity contribution in [3.8, 4) is 11.5 Å². The summed E-state index contributed by atoms with van der Waals surface area (Å²) in [5, 5.41) is 13.7. The van der Waals surface area contributed by atoms with E-state index in [0.717, 1.165) is 45.0 Å². The van der Waals surface area contributed by atoms with E-state index in [2.05, 4.69) is 41.4 Å². The van der Waals surface area contributed by atoms with Crippen LogP contribution in [0.15, 0.2) is 42.5 Å². The lowest BCUT2D eigenvalue weighted by Gasteiger charge is -2.28. The summed E-state index contributed by atoms with van der Waals surface area (Å²) >= 11 is 0. The molecule has 2 N–H and O–H groups in total. The number of hydrogen-bond acceptors (Lipinski definition) is 6. The predicted octanol–water partition coefficient (Wildman–Crippen LogP) is 2.37. The molecule has 0 radical (unpaired) electrons. The smallest absolute Gasteiger partial charge is 0.161 e. The van der Waals surface area contributed by atoms with Gasteiger partial charge in [0.05, 0.1) is 20.3 Å². The van der Waals surface area contributed by atoms with Crippen molar-refractivity contribution in [1.82, 2.24) is 10.2 Å². The number of aliphatic hydroxyl groups excluding tert-OH is 1. The van der Waals surface area contributed by atoms with Crippen molar-refractivity contribution >= 4 is 0 Å². The van der Waals surface area contributed by atoms with Crippen LogP contribution in [-0.4, -0.2) is 62.7 Å². The van der Waals surface area contributed by atoms with Crippen LogP contribution in [0, 0.1) is 6.92 Å². The quantitative estimate of drug-likeness (QED) is 0.639. The summed E-state index contributed by atoms with van der Waals surface area (Å²) in [6.07, 6.45) is -0.548. The summed E-state index contributed by atoms with van der Waals surface area (Å²) in [4.78, 5) is 2.19. The summed E-state index contributed by atoms with van der Waals surface area (Å²) < 4.78 is 16.6. The van der Waals surface area contributed by atoms with Gasteiger partial charge in [0.25, 0.3) is 0 Å². The molecular formula is C23H32N2O4. The van der Waals surface area contributed by atoms with Gasteiger partial charge in [-0.1, -0.05) is 35.9 Å². The van der Waals surface area contributed by atoms with E-state index in [1.54, 1.807) is 7.11 Å². The summed E-state index contributed by atoms with van der Waals surface area (Å²) in [6, 6.07) is 14.4. The van der Waals surface area contributed by atoms with Crippen LogP contribution in [0.1, 0.15) is 16.7 Å². The zero-order chi connectivity index (χ0) is 20.5. The summed E-state index contributed by atoms with van der Waals surface area (Å²) in [7, 11) is 1.64. The first-order chi connectivity index (χ1) is 14.1. The van der Waals surface area contributed by atoms with E-state index in [1.807, 2.05) is 18.2 Å². The summed E-state index contributed by atoms with van der Waals surface area (Å²) in [5.74, 6) is 1.33. The van der Waals surface area contributed by atoms with Crippen molar-refractivity contribution in [2.75, 3.05) is 46.6 Å². The molecule has 0 bridgehead atoms. The number of rotatable bonds is 10. The van der Waals surface area contributed by atoms with Crippen LogP contribution >= 0.6 is 0 Å². The monoisotopic (exact) mass is 400 g/mol. The van der Waals surface area contributed by atoms with E-state index in [0.29, 0.717) is 18.0 Å². The zero-order valence-electron chi connectivity index (χ0n) is 17.4. The topological polar surface area (TPSA) is 63.2 Å². The predicted molar refractivity (Wildman–Crippen MR) is 113 cm³/mol. The lowest BCUT2D eigenvalue weighted by molar-refractivity contribution is 0.00445. The lowest BCUT2D eigenvalue weighted by Crippen LogP contribution is -2.42. The van der Waals surface area contributed by atoms with Crippen molar-refractivity contribution < 1.29 is 19.3 Å². The minimum atomic E-state index is -0.548. The molecule has 2 aromatic rings. The van der Waals surface area contributed by atoms with Gasteiger partial charge < -0.3 is 24.6 Å². The van der Waals surface area contributed by atoms with Gasteiger partial charge in [-0.05, 0) is 30.2 Å². The van der Waals surface area contributed by atoms with Crippen molar-refractivity contribution in [2.24, 2.45) is 0 Å². The second kappa shape index (κ2) is 11.2. The largest absolute Gasteiger partial charge is 0.493 e. The molecule has 6 heteroatoms. The molecule has 0 aliphatic carbocycles. The first-order valence-electron chi connectivity index (χ1n) is 10.2. The molecule has 1 aliphatic rings. The molecule has 2 aromatic carbocycles. The second-order valence-electron chi connectivity index (χ2n) is 7.46. The van der Waals surface area contributed by atoms with Crippen LogP contribution in [0.25, 0.3) is 0 Å². The molecule has 1 heterocycles. The normalized spacial score (nSPS) is 15.8. The fourth-order valence-corrected chi connectivity index (χ4v) is 3.43. The molecule has 29 heavy (non-hydrogen) atoms. The molecule has 1 saturated heterocycles. The highest BCUT2D eigenvalue weighted by molar-refractivity contribution is 5.43. The second-order valence-corrected chi connectivity index (χ2v) is 7.46. The van der Waals surface area contributed by atoms with Crippen LogP contribution < -0.4 is 14.8 Å². The Morgan fingerprint density at radius 2 is 1.83 bits per heavy atom. The van der Waals surface area contributed by atoms with Gasteiger partial charge in [-0.2, -0.15) is 0 Å². The number of β-amino-alcohol motifs (C(OH)–C–C–N with tert-alkyl or cyclic N) is 1. The van der Waals surface area contributed by atoms with Crippen molar-refractivity contribution in [1.29, 1.82) is 0 Å². The number of nitrogens with zero attached hydrogens (tertiary/aromatic N) is 1. The standard InChI is InChI=1S/C23H32N2O4/c1-18-4-3-5-19(12-18)14-24-15-20-6-7-22(23(13-20)27-2)29-17-21(26)16-25-8-10-28-11-9-25/h3-7,12-13,21,24,26H,8-11,14-17H2,1-2H3/t21-/m0/s1. The van der Waals surface area contributed by atoms with Crippen LogP contribution in [0.4, 0.5) is 0 Å². The van der Waals surface area contributed by atoms with Gasteiger partial charge in [0.1, 0.15) is 12.7 Å². The SMILES string of the molecule is COc1cc(CNCc2cccc(C)c2)ccc1OC[C@@H](O)CN1CCOCC1. The molecule has 1 fully saturated rings. The Hall–Kier alpha value is -2.12. The highest BCUT2D eigenvalue weighted by Gasteiger charge is 2.16. The maximum absolute atomic E-state index is 10.3. The maximum Gasteiger partial charge on any atom is 0.161 e. The minimum Gasteiger partial charge on any atom is -0.493 e. The number of methoxy groups -OCH3 is 1. The molecule has 3 rings (SSSR count). The van der Waals surface area contributed by atoms with Crippen LogP contribution in [0.3, 0.4) is 0 Å². The number of nitrogens with one attached hydrogen (secondary N) is 1. The lowest BCUT2D eigenvalue weighted by atomic mass is 10.1. The van der Waals surface area contributed by atoms with Gasteiger partial charge in [-0.25, -0.2) is 0 Å². The molecule has 0 unspecified atom stereocenters. The Kier molecular flexibility index (Phi) is 8.31. The number of ether oxygens (including phenoxy) is 3. The highest BCUT2D eigenvalue weighted by Crippen LogP contribution is 2.28. The van der Waals surface area contributed by atoms with Gasteiger partial charge in [-0.15, -0.1) is 0 Å². The molecular weight excluding hydrogens is 368 g/mol. The Bertz CT molecular complexity index is 762. The van der Waals surface area contributed by atoms with Crippen molar-refractivity contribution in [3.05, 3.63) is 59.2 Å². The van der Waals surface area contributed by atoms with E-state index in [-0.39, 0.29) is 6.61 Å². The third kappa shape index (κ3) is 7.01. The molecule has 1 aliphatic heterocycles. The molecule has 0 spiro atoms. The van der Waals surface area contributed by atoms with Crippen LogP contribution in [0.5, 0.6) is 11.5 Å². The van der Waals surface area contributed by atoms with Gasteiger partial charge in [-0.3, -0.25) is 4.90 Å². The molecule has 0 saturated carbocycles. The van der Waals surface area contributed by atoms with Gasteiger partial charge in [0.2, 0.25) is 0 Å². The Labute approximate surface area is 173 Å². The average Bonchev–Trinajstić information content (AvgIpc) is 2.73. The fraction of sp³-hybridized carbons (Fsp3) is 0.478. The van der Waals surface area contributed by atoms with Gasteiger partial charge in [0, 0.05) is 32.7 Å². The zero-order valence-corrected chi connectivity index (χ0v) is 17.4.